The fourth-order valence-corrected chi connectivity index (χ4v) is 11.9. The van der Waals surface area contributed by atoms with E-state index in [0.717, 1.165) is 18.7 Å². The molecule has 0 spiro atoms. The van der Waals surface area contributed by atoms with E-state index in [-0.39, 0.29) is 29.7 Å². The average Bonchev–Trinajstić information content (AvgIpc) is 3.28. The normalized spacial score (nSPS) is 30.1. The van der Waals surface area contributed by atoms with Crippen molar-refractivity contribution in [3.63, 3.8) is 0 Å². The Bertz CT molecular complexity index is 2480. The van der Waals surface area contributed by atoms with Crippen molar-refractivity contribution in [3.05, 3.63) is 113 Å². The van der Waals surface area contributed by atoms with Gasteiger partial charge in [0.1, 0.15) is 47.0 Å². The van der Waals surface area contributed by atoms with Gasteiger partial charge in [0.15, 0.2) is 11.4 Å². The zero-order valence-electron chi connectivity index (χ0n) is 39.4. The second kappa shape index (κ2) is 19.7. The number of hydrogen-bond acceptors (Lipinski definition) is 15. The number of nitrogens with one attached hydrogen (secondary N) is 1. The highest BCUT2D eigenvalue weighted by atomic mass is 35.5. The molecule has 7 rings (SSSR count). The van der Waals surface area contributed by atoms with E-state index in [2.05, 4.69) is 5.32 Å². The van der Waals surface area contributed by atoms with Crippen LogP contribution in [0.25, 0.3) is 0 Å². The number of fused-ring (bicyclic) bond motifs is 5. The molecule has 18 heteroatoms. The number of amides is 1. The van der Waals surface area contributed by atoms with E-state index < -0.39 is 122 Å². The summed E-state index contributed by atoms with van der Waals surface area (Å²) in [6, 6.07) is 24.5. The van der Waals surface area contributed by atoms with Crippen LogP contribution in [0.3, 0.4) is 0 Å². The van der Waals surface area contributed by atoms with E-state index in [1.54, 1.807) is 114 Å². The number of rotatable bonds is 12. The van der Waals surface area contributed by atoms with Gasteiger partial charge in [-0.25, -0.2) is 14.4 Å². The number of alkyl carbamates (subject to hydrolysis) is 1. The summed E-state index contributed by atoms with van der Waals surface area (Å²) in [5, 5.41) is 28.3. The minimum Gasteiger partial charge on any atom is -0.459 e. The van der Waals surface area contributed by atoms with Crippen LogP contribution in [0.1, 0.15) is 90.2 Å². The Balaban J connectivity index is 1.42. The van der Waals surface area contributed by atoms with Crippen molar-refractivity contribution >= 4 is 70.7 Å². The summed E-state index contributed by atoms with van der Waals surface area (Å²) in [4.78, 5) is 84.3. The summed E-state index contributed by atoms with van der Waals surface area (Å²) in [7, 11) is 0. The first-order chi connectivity index (χ1) is 32.4. The molecular formula is C51H57Cl2NO14S. The zero-order chi connectivity index (χ0) is 50.4. The van der Waals surface area contributed by atoms with Crippen LogP contribution in [0.5, 0.6) is 0 Å². The number of thioether (sulfide) groups is 1. The molecule has 370 valence electrons. The molecule has 1 saturated heterocycles. The number of ether oxygens (including phenoxy) is 6. The molecule has 3 N–H and O–H groups in total. The van der Waals surface area contributed by atoms with Gasteiger partial charge in [-0.3, -0.25) is 14.4 Å². The van der Waals surface area contributed by atoms with Crippen molar-refractivity contribution in [3.8, 4) is 0 Å². The first kappa shape index (κ1) is 51.9. The summed E-state index contributed by atoms with van der Waals surface area (Å²) in [6.45, 7) is 12.0. The summed E-state index contributed by atoms with van der Waals surface area (Å²) in [6.07, 6.45) is -9.60. The topological polar surface area (TPSA) is 210 Å². The molecule has 0 aromatic heterocycles. The number of halogens is 2. The van der Waals surface area contributed by atoms with Gasteiger partial charge in [-0.2, -0.15) is 0 Å². The highest BCUT2D eigenvalue weighted by molar-refractivity contribution is 8.00. The first-order valence-corrected chi connectivity index (χ1v) is 24.3. The minimum atomic E-state index is -2.42. The Hall–Kier alpha value is -4.97. The highest BCUT2D eigenvalue weighted by Gasteiger charge is 2.79. The Morgan fingerprint density at radius 1 is 0.870 bits per heavy atom. The molecule has 1 amide bonds. The summed E-state index contributed by atoms with van der Waals surface area (Å²) in [5.74, 6) is -6.34. The lowest BCUT2D eigenvalue weighted by Crippen LogP contribution is -2.82. The average molecular weight is 1010 g/mol. The van der Waals surface area contributed by atoms with Gasteiger partial charge in [-0.15, -0.1) is 11.8 Å². The van der Waals surface area contributed by atoms with Crippen molar-refractivity contribution in [1.82, 2.24) is 5.32 Å². The monoisotopic (exact) mass is 1010 g/mol. The van der Waals surface area contributed by atoms with Crippen molar-refractivity contribution < 1.29 is 67.4 Å². The van der Waals surface area contributed by atoms with E-state index in [0.29, 0.717) is 10.5 Å². The van der Waals surface area contributed by atoms with Crippen LogP contribution < -0.4 is 5.32 Å². The fourth-order valence-electron chi connectivity index (χ4n) is 10.6. The van der Waals surface area contributed by atoms with Crippen molar-refractivity contribution in [2.45, 2.75) is 137 Å². The minimum absolute atomic E-state index is 0.0545. The molecule has 3 aliphatic carbocycles. The lowest BCUT2D eigenvalue weighted by Gasteiger charge is -2.67. The molecule has 1 heterocycles. The molecule has 3 aromatic rings. The molecule has 0 radical (unpaired) electrons. The molecule has 11 atom stereocenters. The summed E-state index contributed by atoms with van der Waals surface area (Å²) >= 11 is 13.1. The van der Waals surface area contributed by atoms with Gasteiger partial charge in [0.2, 0.25) is 4.84 Å². The number of benzene rings is 3. The maximum absolute atomic E-state index is 15.6. The van der Waals surface area contributed by atoms with Crippen LogP contribution in [-0.2, 0) is 47.6 Å². The van der Waals surface area contributed by atoms with Gasteiger partial charge in [0, 0.05) is 30.1 Å². The van der Waals surface area contributed by atoms with E-state index in [4.69, 9.17) is 51.6 Å². The van der Waals surface area contributed by atoms with E-state index >= 15 is 9.59 Å². The molecule has 1 aliphatic heterocycles. The Labute approximate surface area is 414 Å². The van der Waals surface area contributed by atoms with Crippen LogP contribution in [-0.4, -0.2) is 110 Å². The van der Waals surface area contributed by atoms with E-state index in [1.165, 1.54) is 19.1 Å². The highest BCUT2D eigenvalue weighted by Crippen LogP contribution is 2.64. The summed E-state index contributed by atoms with van der Waals surface area (Å²) in [5.41, 5.74) is -8.27. The van der Waals surface area contributed by atoms with Gasteiger partial charge >= 0.3 is 30.0 Å². The quantitative estimate of drug-likeness (QED) is 0.0530. The predicted molar refractivity (Wildman–Crippen MR) is 253 cm³/mol. The van der Waals surface area contributed by atoms with Crippen LogP contribution in [0.15, 0.2) is 107 Å². The lowest BCUT2D eigenvalue weighted by molar-refractivity contribution is -0.346. The van der Waals surface area contributed by atoms with Gasteiger partial charge in [-0.05, 0) is 75.6 Å². The van der Waals surface area contributed by atoms with Crippen molar-refractivity contribution in [2.75, 3.05) is 6.61 Å². The number of esters is 4. The number of hydrogen-bond donors (Lipinski definition) is 3. The maximum Gasteiger partial charge on any atom is 0.408 e. The third kappa shape index (κ3) is 9.77. The molecule has 15 nitrogen and oxygen atoms in total. The third-order valence-electron chi connectivity index (χ3n) is 14.0. The molecule has 2 unspecified atom stereocenters. The van der Waals surface area contributed by atoms with Gasteiger partial charge in [0.05, 0.1) is 29.5 Å². The number of carbonyl (C=O) groups excluding carboxylic acids is 6. The van der Waals surface area contributed by atoms with E-state index in [9.17, 15) is 29.4 Å². The zero-order valence-corrected chi connectivity index (χ0v) is 41.8. The molecule has 2 saturated carbocycles. The Morgan fingerprint density at radius 3 is 2.01 bits per heavy atom. The third-order valence-corrected chi connectivity index (χ3v) is 15.6. The first-order valence-electron chi connectivity index (χ1n) is 22.5. The smallest absolute Gasteiger partial charge is 0.408 e. The standard InChI is InChI=1S/C51H57Cl2NO14S/c1-27-32(64-44(59)38(69-31-22-16-11-17-23-31)36(29-18-12-9-13-19-29)54-46(61)68-47(3,4)5)25-51(62)41(66-43(58)30-20-14-10-15-21-30)39-49(8,40(57)37(56)35(27)48(51,6)7)33(65-45(60)42(52)53)24-34-50(39,26-63-34)67-28(2)55/h9-23,32-34,36-39,41-42,56,62H,24-26H2,1-8H3,(H,54,61)/t32-,33-,34+,36-,37+,38+,39?,41?,49+,50-,51+/m0/s1. The molecular weight excluding hydrogens is 954 g/mol. The second-order valence-electron chi connectivity index (χ2n) is 19.7. The SMILES string of the molecule is CC(=O)O[C@@]12CO[C@@H]1C[C@H](OC(=O)C(Cl)Cl)[C@@]1(C)C(=O)[C@H](O)C3=C(C)[C@@H](OC(=O)[C@H](Sc4ccccc4)[C@@H](NC(=O)OC(C)(C)C)c4ccccc4)C[C@@](O)(C(OC(=O)c4ccccc4)C12)C3(C)C. The van der Waals surface area contributed by atoms with Crippen LogP contribution in [0.4, 0.5) is 4.79 Å². The largest absolute Gasteiger partial charge is 0.459 e. The van der Waals surface area contributed by atoms with Gasteiger partial charge in [0.25, 0.3) is 0 Å². The number of carbonyl (C=O) groups is 6. The number of aliphatic hydroxyl groups excluding tert-OH is 1. The predicted octanol–water partition coefficient (Wildman–Crippen LogP) is 7.41. The van der Waals surface area contributed by atoms with Crippen molar-refractivity contribution in [1.29, 1.82) is 0 Å². The number of ketones is 1. The van der Waals surface area contributed by atoms with Crippen LogP contribution >= 0.6 is 35.0 Å². The fraction of sp³-hybridized carbons (Fsp3) is 0.490. The van der Waals surface area contributed by atoms with E-state index in [1.807, 2.05) is 6.07 Å². The van der Waals surface area contributed by atoms with Crippen LogP contribution in [0, 0.1) is 16.7 Å². The number of Topliss-reactive ketones (excluding diaryl/α,β-unsaturated/α-hetero) is 1. The molecule has 3 fully saturated rings. The lowest BCUT2D eigenvalue weighted by atomic mass is 9.44. The van der Waals surface area contributed by atoms with Crippen LogP contribution in [0.2, 0.25) is 0 Å². The Kier molecular flexibility index (Phi) is 14.8. The molecule has 4 aliphatic rings. The second-order valence-corrected chi connectivity index (χ2v) is 22.0. The Morgan fingerprint density at radius 2 is 1.46 bits per heavy atom. The maximum atomic E-state index is 15.6. The molecule has 69 heavy (non-hydrogen) atoms. The van der Waals surface area contributed by atoms with Crippen molar-refractivity contribution in [2.24, 2.45) is 16.7 Å². The molecule has 2 bridgehead atoms. The number of alkyl halides is 2. The van der Waals surface area contributed by atoms with Gasteiger partial charge in [-0.1, -0.05) is 104 Å². The molecule has 3 aromatic carbocycles. The number of aliphatic hydroxyl groups is 2. The van der Waals surface area contributed by atoms with Gasteiger partial charge < -0.3 is 44.0 Å². The summed E-state index contributed by atoms with van der Waals surface area (Å²) < 4.78 is 36.7.